The maximum Gasteiger partial charge on any atom is 0.313 e. The number of aliphatic hydroxyl groups excluding tert-OH is 1. The average Bonchev–Trinajstić information content (AvgIpc) is 2.33. The van der Waals surface area contributed by atoms with Crippen LogP contribution < -0.4 is 10.6 Å². The van der Waals surface area contributed by atoms with Crippen LogP contribution in [0.15, 0.2) is 18.2 Å². The Morgan fingerprint density at radius 2 is 1.90 bits per heavy atom. The third-order valence-corrected chi connectivity index (χ3v) is 2.75. The van der Waals surface area contributed by atoms with E-state index in [-0.39, 0.29) is 12.2 Å². The molecule has 0 saturated carbocycles. The number of aliphatic hydroxyl groups is 1. The van der Waals surface area contributed by atoms with E-state index in [1.807, 2.05) is 13.8 Å². The number of benzene rings is 1. The van der Waals surface area contributed by atoms with Crippen LogP contribution in [0, 0.1) is 18.7 Å². The van der Waals surface area contributed by atoms with Gasteiger partial charge in [0.25, 0.3) is 0 Å². The van der Waals surface area contributed by atoms with Gasteiger partial charge in [-0.15, -0.1) is 0 Å². The topological polar surface area (TPSA) is 78.4 Å². The molecule has 1 aromatic carbocycles. The van der Waals surface area contributed by atoms with Crippen molar-refractivity contribution in [2.24, 2.45) is 5.92 Å². The number of hydrogen-bond acceptors (Lipinski definition) is 3. The van der Waals surface area contributed by atoms with Crippen molar-refractivity contribution in [3.63, 3.8) is 0 Å². The quantitative estimate of drug-likeness (QED) is 0.722. The van der Waals surface area contributed by atoms with Crippen molar-refractivity contribution in [2.75, 3.05) is 11.9 Å². The smallest absolute Gasteiger partial charge is 0.313 e. The summed E-state index contributed by atoms with van der Waals surface area (Å²) in [5.41, 5.74) is 0.855. The Morgan fingerprint density at radius 1 is 1.24 bits per heavy atom. The molecule has 0 saturated heterocycles. The molecule has 0 bridgehead atoms. The number of hydrogen-bond donors (Lipinski definition) is 3. The zero-order chi connectivity index (χ0) is 16.0. The van der Waals surface area contributed by atoms with Crippen molar-refractivity contribution in [1.82, 2.24) is 5.32 Å². The molecule has 0 aromatic heterocycles. The van der Waals surface area contributed by atoms with Gasteiger partial charge in [-0.1, -0.05) is 13.8 Å². The lowest BCUT2D eigenvalue weighted by molar-refractivity contribution is -0.136. The Balaban J connectivity index is 2.49. The molecule has 1 atom stereocenters. The summed E-state index contributed by atoms with van der Waals surface area (Å²) in [6.07, 6.45) is -0.163. The minimum Gasteiger partial charge on any atom is -0.391 e. The second-order valence-electron chi connectivity index (χ2n) is 5.46. The van der Waals surface area contributed by atoms with Crippen LogP contribution in [0.25, 0.3) is 0 Å². The van der Waals surface area contributed by atoms with Crippen molar-refractivity contribution < 1.29 is 19.1 Å². The van der Waals surface area contributed by atoms with Crippen LogP contribution in [0.3, 0.4) is 0 Å². The van der Waals surface area contributed by atoms with Crippen molar-refractivity contribution in [3.05, 3.63) is 29.6 Å². The van der Waals surface area contributed by atoms with Gasteiger partial charge in [0.15, 0.2) is 0 Å². The standard InChI is InChI=1S/C15H21FN2O3/c1-9(2)4-13(19)8-17-14(20)15(21)18-12-6-10(3)5-11(16)7-12/h5-7,9,13,19H,4,8H2,1-3H3,(H,17,20)(H,18,21). The maximum atomic E-state index is 13.2. The first-order chi connectivity index (χ1) is 9.77. The van der Waals surface area contributed by atoms with Gasteiger partial charge in [-0.05, 0) is 43.0 Å². The Kier molecular flexibility index (Phi) is 6.30. The first-order valence-electron chi connectivity index (χ1n) is 6.82. The highest BCUT2D eigenvalue weighted by Gasteiger charge is 2.16. The number of halogens is 1. The summed E-state index contributed by atoms with van der Waals surface area (Å²) in [4.78, 5) is 23.2. The lowest BCUT2D eigenvalue weighted by atomic mass is 10.1. The van der Waals surface area contributed by atoms with Crippen LogP contribution in [0.5, 0.6) is 0 Å². The summed E-state index contributed by atoms with van der Waals surface area (Å²) in [6.45, 7) is 5.59. The molecular formula is C15H21FN2O3. The summed E-state index contributed by atoms with van der Waals surface area (Å²) in [5, 5.41) is 14.3. The van der Waals surface area contributed by atoms with Gasteiger partial charge in [0.2, 0.25) is 0 Å². The van der Waals surface area contributed by atoms with E-state index in [0.717, 1.165) is 6.07 Å². The van der Waals surface area contributed by atoms with Crippen molar-refractivity contribution in [1.29, 1.82) is 0 Å². The van der Waals surface area contributed by atoms with Gasteiger partial charge < -0.3 is 15.7 Å². The maximum absolute atomic E-state index is 13.2. The summed E-state index contributed by atoms with van der Waals surface area (Å²) in [7, 11) is 0. The van der Waals surface area contributed by atoms with Crippen LogP contribution in [-0.2, 0) is 9.59 Å². The molecule has 0 aliphatic carbocycles. The minimum absolute atomic E-state index is 0.00656. The third kappa shape index (κ3) is 6.35. The molecule has 5 nitrogen and oxygen atoms in total. The van der Waals surface area contributed by atoms with Gasteiger partial charge in [0.1, 0.15) is 5.82 Å². The summed E-state index contributed by atoms with van der Waals surface area (Å²) in [6, 6.07) is 4.01. The largest absolute Gasteiger partial charge is 0.391 e. The molecule has 0 spiro atoms. The lowest BCUT2D eigenvalue weighted by Gasteiger charge is -2.13. The number of nitrogens with one attached hydrogen (secondary N) is 2. The number of carbonyl (C=O) groups is 2. The summed E-state index contributed by atoms with van der Waals surface area (Å²) < 4.78 is 13.2. The highest BCUT2D eigenvalue weighted by molar-refractivity contribution is 6.39. The Morgan fingerprint density at radius 3 is 2.48 bits per heavy atom. The molecule has 0 aliphatic heterocycles. The van der Waals surface area contributed by atoms with Crippen molar-refractivity contribution in [2.45, 2.75) is 33.3 Å². The molecule has 116 valence electrons. The van der Waals surface area contributed by atoms with Gasteiger partial charge >= 0.3 is 11.8 Å². The van der Waals surface area contributed by atoms with Crippen LogP contribution in [0.4, 0.5) is 10.1 Å². The molecule has 0 heterocycles. The highest BCUT2D eigenvalue weighted by Crippen LogP contribution is 2.13. The molecule has 3 N–H and O–H groups in total. The normalized spacial score (nSPS) is 12.1. The van der Waals surface area contributed by atoms with E-state index < -0.39 is 23.7 Å². The van der Waals surface area contributed by atoms with Crippen molar-refractivity contribution >= 4 is 17.5 Å². The zero-order valence-electron chi connectivity index (χ0n) is 12.4. The second kappa shape index (κ2) is 7.73. The van der Waals surface area contributed by atoms with E-state index in [4.69, 9.17) is 0 Å². The molecule has 6 heteroatoms. The minimum atomic E-state index is -0.892. The molecule has 1 unspecified atom stereocenters. The van der Waals surface area contributed by atoms with E-state index in [9.17, 15) is 19.1 Å². The van der Waals surface area contributed by atoms with Gasteiger partial charge in [-0.25, -0.2) is 4.39 Å². The molecule has 21 heavy (non-hydrogen) atoms. The molecule has 0 radical (unpaired) electrons. The fourth-order valence-corrected chi connectivity index (χ4v) is 1.91. The van der Waals surface area contributed by atoms with Gasteiger partial charge in [0.05, 0.1) is 6.10 Å². The Labute approximate surface area is 123 Å². The summed E-state index contributed by atoms with van der Waals surface area (Å²) >= 11 is 0. The molecule has 2 amide bonds. The van der Waals surface area contributed by atoms with Crippen molar-refractivity contribution in [3.8, 4) is 0 Å². The van der Waals surface area contributed by atoms with E-state index >= 15 is 0 Å². The fourth-order valence-electron chi connectivity index (χ4n) is 1.91. The van der Waals surface area contributed by atoms with Gasteiger partial charge in [-0.2, -0.15) is 0 Å². The van der Waals surface area contributed by atoms with Crippen LogP contribution in [0.1, 0.15) is 25.8 Å². The monoisotopic (exact) mass is 296 g/mol. The highest BCUT2D eigenvalue weighted by atomic mass is 19.1. The lowest BCUT2D eigenvalue weighted by Crippen LogP contribution is -2.39. The average molecular weight is 296 g/mol. The summed E-state index contributed by atoms with van der Waals surface area (Å²) in [5.74, 6) is -1.95. The molecule has 1 aromatic rings. The first-order valence-corrected chi connectivity index (χ1v) is 6.82. The van der Waals surface area contributed by atoms with Crippen LogP contribution in [0.2, 0.25) is 0 Å². The van der Waals surface area contributed by atoms with Crippen LogP contribution in [-0.4, -0.2) is 29.6 Å². The predicted octanol–water partition coefficient (Wildman–Crippen LogP) is 1.60. The second-order valence-corrected chi connectivity index (χ2v) is 5.46. The molecule has 0 aliphatic rings. The third-order valence-electron chi connectivity index (χ3n) is 2.75. The number of amides is 2. The predicted molar refractivity (Wildman–Crippen MR) is 78.2 cm³/mol. The van der Waals surface area contributed by atoms with E-state index in [1.54, 1.807) is 13.0 Å². The van der Waals surface area contributed by atoms with Gasteiger partial charge in [-0.3, -0.25) is 9.59 Å². The van der Waals surface area contributed by atoms with Gasteiger partial charge in [0, 0.05) is 12.2 Å². The number of anilines is 1. The van der Waals surface area contributed by atoms with Crippen LogP contribution >= 0.6 is 0 Å². The zero-order valence-corrected chi connectivity index (χ0v) is 12.4. The van der Waals surface area contributed by atoms with E-state index in [1.165, 1.54) is 6.07 Å². The first kappa shape index (κ1) is 17.1. The van der Waals surface area contributed by atoms with E-state index in [2.05, 4.69) is 10.6 Å². The Hall–Kier alpha value is -1.95. The number of rotatable bonds is 5. The fraction of sp³-hybridized carbons (Fsp3) is 0.467. The number of aryl methyl sites for hydroxylation is 1. The molecule has 0 fully saturated rings. The Bertz CT molecular complexity index is 497. The van der Waals surface area contributed by atoms with E-state index in [0.29, 0.717) is 17.9 Å². The molecular weight excluding hydrogens is 275 g/mol. The number of carbonyl (C=O) groups excluding carboxylic acids is 2. The molecule has 1 rings (SSSR count). The SMILES string of the molecule is Cc1cc(F)cc(NC(=O)C(=O)NCC(O)CC(C)C)c1.